The Bertz CT molecular complexity index is 296. The van der Waals surface area contributed by atoms with E-state index in [1.165, 1.54) is 110 Å². The summed E-state index contributed by atoms with van der Waals surface area (Å²) in [5.74, 6) is -1.19. The number of aliphatic carboxylic acids is 1. The summed E-state index contributed by atoms with van der Waals surface area (Å²) in [4.78, 5) is 9.45. The van der Waals surface area contributed by atoms with Crippen molar-refractivity contribution in [3.8, 4) is 0 Å². The van der Waals surface area contributed by atoms with Crippen LogP contribution in [0.3, 0.4) is 0 Å². The molecule has 0 radical (unpaired) electrons. The zero-order chi connectivity index (χ0) is 24.0. The molecular weight excluding hydrogens is 392 g/mol. The molecule has 0 heterocycles. The van der Waals surface area contributed by atoms with Gasteiger partial charge in [-0.1, -0.05) is 103 Å². The number of carboxylic acid groups (broad SMARTS) is 1. The van der Waals surface area contributed by atoms with Crippen LogP contribution in [0.1, 0.15) is 129 Å². The number of aliphatic hydroxyl groups excluding tert-OH is 2. The Morgan fingerprint density at radius 3 is 1.10 bits per heavy atom. The second-order valence-corrected chi connectivity index (χ2v) is 8.33. The van der Waals surface area contributed by atoms with Gasteiger partial charge in [-0.25, -0.2) is 4.79 Å². The third-order valence-corrected chi connectivity index (χ3v) is 5.03. The average Bonchev–Trinajstić information content (AvgIpc) is 2.76. The van der Waals surface area contributed by atoms with Crippen LogP contribution >= 0.6 is 0 Å². The molecule has 1 unspecified atom stereocenters. The van der Waals surface area contributed by atoms with Crippen molar-refractivity contribution < 1.29 is 20.1 Å². The van der Waals surface area contributed by atoms with Crippen LogP contribution in [0.2, 0.25) is 0 Å². The smallest absolute Gasteiger partial charge is 0.332 e. The van der Waals surface area contributed by atoms with E-state index in [4.69, 9.17) is 26.8 Å². The third-order valence-electron chi connectivity index (χ3n) is 5.03. The Morgan fingerprint density at radius 2 is 0.903 bits per heavy atom. The largest absolute Gasteiger partial charge is 0.479 e. The lowest BCUT2D eigenvalue weighted by molar-refractivity contribution is -0.145. The van der Waals surface area contributed by atoms with Crippen molar-refractivity contribution in [2.45, 2.75) is 136 Å². The fraction of sp³-hybridized carbons (Fsp3) is 0.960. The first-order chi connectivity index (χ1) is 15.0. The van der Waals surface area contributed by atoms with Crippen molar-refractivity contribution in [2.24, 2.45) is 11.5 Å². The summed E-state index contributed by atoms with van der Waals surface area (Å²) in [7, 11) is 0. The zero-order valence-electron chi connectivity index (χ0n) is 20.8. The monoisotopic (exact) mass is 448 g/mol. The van der Waals surface area contributed by atoms with Crippen LogP contribution in [0, 0.1) is 0 Å². The Morgan fingerprint density at radius 1 is 0.645 bits per heavy atom. The molecule has 7 N–H and O–H groups in total. The highest BCUT2D eigenvalue weighted by Crippen LogP contribution is 2.13. The maximum absolute atomic E-state index is 9.45. The van der Waals surface area contributed by atoms with Crippen LogP contribution in [0.4, 0.5) is 0 Å². The first-order valence-electron chi connectivity index (χ1n) is 12.9. The normalized spacial score (nSPS) is 11.2. The number of hydrogen-bond acceptors (Lipinski definition) is 5. The predicted molar refractivity (Wildman–Crippen MR) is 133 cm³/mol. The fourth-order valence-electron chi connectivity index (χ4n) is 2.95. The van der Waals surface area contributed by atoms with Gasteiger partial charge in [0, 0.05) is 6.61 Å². The first-order valence-corrected chi connectivity index (χ1v) is 12.9. The standard InChI is InChI=1S/C18H39N.C4H11NO.C3H6O3/c1-2-3-4-5-6-7-8-9-10-11-12-13-14-15-16-17-18-19;5-3-1-2-4-6;1-2(4)3(5)6/h2-19H2,1H3;6H,1-5H2;2,4H,1H3,(H,5,6). The Kier molecular flexibility index (Phi) is 38.2. The van der Waals surface area contributed by atoms with E-state index in [0.717, 1.165) is 19.4 Å². The van der Waals surface area contributed by atoms with Crippen LogP contribution in [0.5, 0.6) is 0 Å². The highest BCUT2D eigenvalue weighted by molar-refractivity contribution is 5.71. The number of rotatable bonds is 20. The minimum Gasteiger partial charge on any atom is -0.479 e. The molecular formula is C25H56N2O4. The number of nitrogens with two attached hydrogens (primary N) is 2. The molecule has 0 saturated heterocycles. The first kappa shape index (κ1) is 34.9. The molecule has 6 heteroatoms. The molecule has 0 aliphatic rings. The minimum atomic E-state index is -1.23. The van der Waals surface area contributed by atoms with Gasteiger partial charge < -0.3 is 26.8 Å². The molecule has 0 aromatic carbocycles. The summed E-state index contributed by atoms with van der Waals surface area (Å²) in [6, 6.07) is 0. The molecule has 31 heavy (non-hydrogen) atoms. The molecule has 190 valence electrons. The number of carbonyl (C=O) groups is 1. The summed E-state index contributed by atoms with van der Waals surface area (Å²) >= 11 is 0. The lowest BCUT2D eigenvalue weighted by Crippen LogP contribution is -2.13. The van der Waals surface area contributed by atoms with Gasteiger partial charge in [0.1, 0.15) is 6.10 Å². The van der Waals surface area contributed by atoms with Crippen molar-refractivity contribution in [3.05, 3.63) is 0 Å². The van der Waals surface area contributed by atoms with E-state index in [1.54, 1.807) is 0 Å². The molecule has 0 aromatic heterocycles. The minimum absolute atomic E-state index is 0.275. The number of unbranched alkanes of at least 4 members (excludes halogenated alkanes) is 16. The van der Waals surface area contributed by atoms with E-state index in [2.05, 4.69) is 6.92 Å². The summed E-state index contributed by atoms with van der Waals surface area (Å²) in [5.41, 5.74) is 10.6. The van der Waals surface area contributed by atoms with Gasteiger partial charge >= 0.3 is 5.97 Å². The molecule has 0 fully saturated rings. The van der Waals surface area contributed by atoms with E-state index in [9.17, 15) is 4.79 Å². The maximum atomic E-state index is 9.45. The molecule has 1 atom stereocenters. The Hall–Kier alpha value is -0.690. The van der Waals surface area contributed by atoms with Crippen LogP contribution in [0.15, 0.2) is 0 Å². The van der Waals surface area contributed by atoms with Crippen LogP contribution in [0.25, 0.3) is 0 Å². The van der Waals surface area contributed by atoms with E-state index in [0.29, 0.717) is 6.54 Å². The molecule has 0 spiro atoms. The third kappa shape index (κ3) is 43.9. The summed E-state index contributed by atoms with van der Waals surface area (Å²) in [6.07, 6.45) is 23.4. The van der Waals surface area contributed by atoms with Gasteiger partial charge in [-0.3, -0.25) is 0 Å². The van der Waals surface area contributed by atoms with E-state index >= 15 is 0 Å². The molecule has 0 aliphatic carbocycles. The van der Waals surface area contributed by atoms with Gasteiger partial charge in [0.05, 0.1) is 0 Å². The van der Waals surface area contributed by atoms with E-state index in [-0.39, 0.29) is 6.61 Å². The highest BCUT2D eigenvalue weighted by Gasteiger charge is 2.01. The SMILES string of the molecule is CC(O)C(=O)O.CCCCCCCCCCCCCCCCCCN.NCCCCO. The van der Waals surface area contributed by atoms with Crippen molar-refractivity contribution in [1.82, 2.24) is 0 Å². The maximum Gasteiger partial charge on any atom is 0.332 e. The molecule has 0 rings (SSSR count). The van der Waals surface area contributed by atoms with E-state index in [1.807, 2.05) is 0 Å². The number of hydrogen-bond donors (Lipinski definition) is 5. The van der Waals surface area contributed by atoms with Crippen molar-refractivity contribution >= 4 is 5.97 Å². The summed E-state index contributed by atoms with van der Waals surface area (Å²) < 4.78 is 0. The molecule has 6 nitrogen and oxygen atoms in total. The average molecular weight is 449 g/mol. The molecule has 0 amide bonds. The zero-order valence-corrected chi connectivity index (χ0v) is 20.8. The van der Waals surface area contributed by atoms with Crippen LogP contribution in [-0.2, 0) is 4.79 Å². The quantitative estimate of drug-likeness (QED) is 0.159. The summed E-state index contributed by atoms with van der Waals surface area (Å²) in [6.45, 7) is 5.33. The second kappa shape index (κ2) is 33.9. The predicted octanol–water partition coefficient (Wildman–Crippen LogP) is 5.38. The van der Waals surface area contributed by atoms with E-state index < -0.39 is 12.1 Å². The highest BCUT2D eigenvalue weighted by atomic mass is 16.4. The van der Waals surface area contributed by atoms with Gasteiger partial charge in [0.25, 0.3) is 0 Å². The topological polar surface area (TPSA) is 130 Å². The van der Waals surface area contributed by atoms with Gasteiger partial charge in [-0.2, -0.15) is 0 Å². The van der Waals surface area contributed by atoms with Gasteiger partial charge in [-0.05, 0) is 39.3 Å². The second-order valence-electron chi connectivity index (χ2n) is 8.33. The van der Waals surface area contributed by atoms with Gasteiger partial charge in [-0.15, -0.1) is 0 Å². The Balaban J connectivity index is -0.000000532. The van der Waals surface area contributed by atoms with Gasteiger partial charge in [0.2, 0.25) is 0 Å². The number of carboxylic acids is 1. The van der Waals surface area contributed by atoms with Crippen molar-refractivity contribution in [1.29, 1.82) is 0 Å². The lowest BCUT2D eigenvalue weighted by Gasteiger charge is -2.03. The lowest BCUT2D eigenvalue weighted by atomic mass is 10.0. The van der Waals surface area contributed by atoms with Crippen LogP contribution in [-0.4, -0.2) is 47.1 Å². The number of aliphatic hydroxyl groups is 2. The molecule has 0 saturated carbocycles. The van der Waals surface area contributed by atoms with Gasteiger partial charge in [0.15, 0.2) is 0 Å². The summed E-state index contributed by atoms with van der Waals surface area (Å²) in [5, 5.41) is 23.9. The molecule has 0 aromatic rings. The molecule has 0 aliphatic heterocycles. The fourth-order valence-corrected chi connectivity index (χ4v) is 2.95. The Labute approximate surface area is 193 Å². The van der Waals surface area contributed by atoms with Crippen molar-refractivity contribution in [3.63, 3.8) is 0 Å². The van der Waals surface area contributed by atoms with Crippen LogP contribution < -0.4 is 11.5 Å². The van der Waals surface area contributed by atoms with Crippen molar-refractivity contribution in [2.75, 3.05) is 19.7 Å². The molecule has 0 bridgehead atoms.